The number of ether oxygens (including phenoxy) is 2. The van der Waals surface area contributed by atoms with Crippen LogP contribution >= 0.6 is 0 Å². The van der Waals surface area contributed by atoms with E-state index in [2.05, 4.69) is 10.4 Å². The van der Waals surface area contributed by atoms with E-state index in [0.29, 0.717) is 22.3 Å². The summed E-state index contributed by atoms with van der Waals surface area (Å²) in [6.45, 7) is 0.561. The monoisotopic (exact) mass is 353 g/mol. The maximum Gasteiger partial charge on any atom is 0.274 e. The zero-order valence-electron chi connectivity index (χ0n) is 14.6. The van der Waals surface area contributed by atoms with Gasteiger partial charge in [-0.3, -0.25) is 9.59 Å². The van der Waals surface area contributed by atoms with Gasteiger partial charge < -0.3 is 14.8 Å². The minimum atomic E-state index is -0.361. The van der Waals surface area contributed by atoms with Crippen LogP contribution < -0.4 is 20.3 Å². The van der Waals surface area contributed by atoms with Crippen LogP contribution in [0.1, 0.15) is 10.5 Å². The van der Waals surface area contributed by atoms with E-state index in [1.807, 2.05) is 12.1 Å². The summed E-state index contributed by atoms with van der Waals surface area (Å²) in [5.41, 5.74) is -0.0309. The van der Waals surface area contributed by atoms with Gasteiger partial charge in [-0.1, -0.05) is 30.3 Å². The molecule has 1 amide bonds. The number of carbonyl (C=O) groups is 1. The first kappa shape index (κ1) is 17.5. The first-order valence-corrected chi connectivity index (χ1v) is 8.12. The molecule has 0 aliphatic carbocycles. The second-order valence-electron chi connectivity index (χ2n) is 5.58. The fourth-order valence-corrected chi connectivity index (χ4v) is 2.61. The van der Waals surface area contributed by atoms with Crippen LogP contribution in [-0.2, 0) is 7.05 Å². The molecular formula is C19H19N3O4. The van der Waals surface area contributed by atoms with Gasteiger partial charge in [0.25, 0.3) is 11.5 Å². The zero-order chi connectivity index (χ0) is 18.5. The van der Waals surface area contributed by atoms with Gasteiger partial charge in [0.2, 0.25) is 0 Å². The minimum absolute atomic E-state index is 0.208. The van der Waals surface area contributed by atoms with Crippen molar-refractivity contribution in [1.29, 1.82) is 0 Å². The topological polar surface area (TPSA) is 82.4 Å². The van der Waals surface area contributed by atoms with E-state index in [4.69, 9.17) is 9.47 Å². The summed E-state index contributed by atoms with van der Waals surface area (Å²) in [5, 5.41) is 7.84. The maximum absolute atomic E-state index is 12.5. The number of aryl methyl sites for hydroxylation is 1. The van der Waals surface area contributed by atoms with Crippen LogP contribution in [0.15, 0.2) is 53.3 Å². The van der Waals surface area contributed by atoms with E-state index in [9.17, 15) is 9.59 Å². The van der Waals surface area contributed by atoms with Crippen molar-refractivity contribution in [2.45, 2.75) is 0 Å². The number of fused-ring (bicyclic) bond motifs is 1. The third-order valence-electron chi connectivity index (χ3n) is 3.89. The summed E-state index contributed by atoms with van der Waals surface area (Å²) < 4.78 is 12.0. The van der Waals surface area contributed by atoms with Crippen molar-refractivity contribution < 1.29 is 14.3 Å². The molecular weight excluding hydrogens is 334 g/mol. The molecule has 0 radical (unpaired) electrons. The Balaban J connectivity index is 1.69. The van der Waals surface area contributed by atoms with Crippen LogP contribution in [0.25, 0.3) is 10.8 Å². The highest BCUT2D eigenvalue weighted by atomic mass is 16.5. The van der Waals surface area contributed by atoms with Gasteiger partial charge >= 0.3 is 0 Å². The van der Waals surface area contributed by atoms with Gasteiger partial charge in [0, 0.05) is 12.4 Å². The summed E-state index contributed by atoms with van der Waals surface area (Å²) >= 11 is 0. The highest BCUT2D eigenvalue weighted by molar-refractivity contribution is 6.04. The fourth-order valence-electron chi connectivity index (χ4n) is 2.61. The van der Waals surface area contributed by atoms with E-state index in [0.717, 1.165) is 0 Å². The summed E-state index contributed by atoms with van der Waals surface area (Å²) in [6.07, 6.45) is 0. The molecule has 0 unspecified atom stereocenters. The van der Waals surface area contributed by atoms with Crippen molar-refractivity contribution in [3.8, 4) is 11.5 Å². The van der Waals surface area contributed by atoms with Gasteiger partial charge in [-0.25, -0.2) is 4.68 Å². The molecule has 3 rings (SSSR count). The highest BCUT2D eigenvalue weighted by Crippen LogP contribution is 2.25. The molecule has 26 heavy (non-hydrogen) atoms. The molecule has 1 aromatic heterocycles. The number of carbonyl (C=O) groups excluding carboxylic acids is 1. The van der Waals surface area contributed by atoms with Gasteiger partial charge in [0.1, 0.15) is 6.61 Å². The number of rotatable bonds is 6. The maximum atomic E-state index is 12.5. The van der Waals surface area contributed by atoms with Crippen molar-refractivity contribution in [1.82, 2.24) is 15.1 Å². The average molecular weight is 353 g/mol. The summed E-state index contributed by atoms with van der Waals surface area (Å²) in [6, 6.07) is 14.2. The second kappa shape index (κ2) is 7.69. The predicted octanol–water partition coefficient (Wildman–Crippen LogP) is 1.75. The molecule has 7 nitrogen and oxygen atoms in total. The molecule has 134 valence electrons. The third kappa shape index (κ3) is 3.51. The predicted molar refractivity (Wildman–Crippen MR) is 97.8 cm³/mol. The molecule has 3 aromatic rings. The Labute approximate surface area is 150 Å². The molecule has 0 atom stereocenters. The largest absolute Gasteiger partial charge is 0.493 e. The van der Waals surface area contributed by atoms with Crippen LogP contribution in [0.5, 0.6) is 11.5 Å². The van der Waals surface area contributed by atoms with Crippen LogP contribution in [0.2, 0.25) is 0 Å². The lowest BCUT2D eigenvalue weighted by molar-refractivity contribution is 0.0941. The van der Waals surface area contributed by atoms with Crippen LogP contribution in [-0.4, -0.2) is 35.9 Å². The lowest BCUT2D eigenvalue weighted by atomic mass is 10.1. The minimum Gasteiger partial charge on any atom is -0.493 e. The number of methoxy groups -OCH3 is 1. The van der Waals surface area contributed by atoms with E-state index in [-0.39, 0.29) is 30.3 Å². The standard InChI is InChI=1S/C19H19N3O4/c1-22-19(24)14-8-4-3-7-13(14)17(21-22)18(23)20-11-12-26-16-10-6-5-9-15(16)25-2/h3-10H,11-12H2,1-2H3,(H,20,23). The fraction of sp³-hybridized carbons (Fsp3) is 0.211. The Morgan fingerprint density at radius 1 is 1.08 bits per heavy atom. The van der Waals surface area contributed by atoms with Crippen LogP contribution in [0.3, 0.4) is 0 Å². The molecule has 7 heteroatoms. The molecule has 0 saturated heterocycles. The molecule has 1 heterocycles. The van der Waals surface area contributed by atoms with Crippen molar-refractivity contribution in [3.05, 3.63) is 64.6 Å². The Bertz CT molecular complexity index is 997. The normalized spacial score (nSPS) is 10.5. The van der Waals surface area contributed by atoms with Gasteiger partial charge in [-0.05, 0) is 18.2 Å². The number of aromatic nitrogens is 2. The smallest absolute Gasteiger partial charge is 0.274 e. The van der Waals surface area contributed by atoms with Crippen LogP contribution in [0, 0.1) is 0 Å². The molecule has 2 aromatic carbocycles. The Kier molecular flexibility index (Phi) is 5.17. The SMILES string of the molecule is COc1ccccc1OCCNC(=O)c1nn(C)c(=O)c2ccccc12. The highest BCUT2D eigenvalue weighted by Gasteiger charge is 2.15. The molecule has 0 aliphatic heterocycles. The summed E-state index contributed by atoms with van der Waals surface area (Å²) in [7, 11) is 3.09. The number of para-hydroxylation sites is 2. The van der Waals surface area contributed by atoms with E-state index < -0.39 is 0 Å². The number of hydrogen-bond donors (Lipinski definition) is 1. The Morgan fingerprint density at radius 2 is 1.73 bits per heavy atom. The Morgan fingerprint density at radius 3 is 2.46 bits per heavy atom. The number of hydrogen-bond acceptors (Lipinski definition) is 5. The zero-order valence-corrected chi connectivity index (χ0v) is 14.6. The van der Waals surface area contributed by atoms with Gasteiger partial charge in [0.15, 0.2) is 17.2 Å². The van der Waals surface area contributed by atoms with Gasteiger partial charge in [-0.15, -0.1) is 0 Å². The second-order valence-corrected chi connectivity index (χ2v) is 5.58. The first-order valence-electron chi connectivity index (χ1n) is 8.12. The lowest BCUT2D eigenvalue weighted by Gasteiger charge is -2.11. The number of nitrogens with one attached hydrogen (secondary N) is 1. The van der Waals surface area contributed by atoms with Gasteiger partial charge in [-0.2, -0.15) is 5.10 Å². The molecule has 0 spiro atoms. The third-order valence-corrected chi connectivity index (χ3v) is 3.89. The van der Waals surface area contributed by atoms with Crippen molar-refractivity contribution >= 4 is 16.7 Å². The molecule has 0 aliphatic rings. The van der Waals surface area contributed by atoms with Crippen molar-refractivity contribution in [2.24, 2.45) is 7.05 Å². The first-order chi connectivity index (χ1) is 12.6. The Hall–Kier alpha value is -3.35. The van der Waals surface area contributed by atoms with E-state index in [1.54, 1.807) is 43.5 Å². The van der Waals surface area contributed by atoms with Crippen LogP contribution in [0.4, 0.5) is 0 Å². The number of nitrogens with zero attached hydrogens (tertiary/aromatic N) is 2. The molecule has 0 fully saturated rings. The van der Waals surface area contributed by atoms with Crippen molar-refractivity contribution in [2.75, 3.05) is 20.3 Å². The quantitative estimate of drug-likeness (QED) is 0.683. The van der Waals surface area contributed by atoms with Crippen molar-refractivity contribution in [3.63, 3.8) is 0 Å². The summed E-state index contributed by atoms with van der Waals surface area (Å²) in [4.78, 5) is 24.6. The summed E-state index contributed by atoms with van der Waals surface area (Å²) in [5.74, 6) is 0.875. The van der Waals surface area contributed by atoms with E-state index in [1.165, 1.54) is 11.7 Å². The average Bonchev–Trinajstić information content (AvgIpc) is 2.68. The molecule has 0 bridgehead atoms. The molecule has 0 saturated carbocycles. The van der Waals surface area contributed by atoms with E-state index >= 15 is 0 Å². The number of benzene rings is 2. The number of amides is 1. The molecule has 1 N–H and O–H groups in total. The van der Waals surface area contributed by atoms with Gasteiger partial charge in [0.05, 0.1) is 19.0 Å². The lowest BCUT2D eigenvalue weighted by Crippen LogP contribution is -2.32.